The second-order valence-electron chi connectivity index (χ2n) is 8.64. The van der Waals surface area contributed by atoms with Crippen molar-refractivity contribution in [2.45, 2.75) is 66.2 Å². The van der Waals surface area contributed by atoms with Crippen molar-refractivity contribution in [1.29, 1.82) is 0 Å². The number of esters is 1. The average molecular weight is 386 g/mol. The highest BCUT2D eigenvalue weighted by Crippen LogP contribution is 2.36. The van der Waals surface area contributed by atoms with Gasteiger partial charge in [0.15, 0.2) is 0 Å². The van der Waals surface area contributed by atoms with E-state index in [0.717, 1.165) is 18.4 Å². The van der Waals surface area contributed by atoms with E-state index in [0.29, 0.717) is 6.42 Å². The van der Waals surface area contributed by atoms with E-state index in [9.17, 15) is 9.59 Å². The van der Waals surface area contributed by atoms with Crippen LogP contribution in [0.25, 0.3) is 0 Å². The molecule has 5 heteroatoms. The molecule has 0 aliphatic heterocycles. The molecule has 5 nitrogen and oxygen atoms in total. The zero-order valence-corrected chi connectivity index (χ0v) is 17.5. The summed E-state index contributed by atoms with van der Waals surface area (Å²) in [5.74, 6) is 1.89. The summed E-state index contributed by atoms with van der Waals surface area (Å²) in [6, 6.07) is 7.91. The Morgan fingerprint density at radius 3 is 2.57 bits per heavy atom. The lowest BCUT2D eigenvalue weighted by molar-refractivity contribution is -0.171. The summed E-state index contributed by atoms with van der Waals surface area (Å²) >= 11 is 0. The Morgan fingerprint density at radius 1 is 1.25 bits per heavy atom. The molecule has 2 rings (SSSR count). The fraction of sp³-hybridized carbons (Fsp3) is 0.565. The fourth-order valence-electron chi connectivity index (χ4n) is 3.77. The molecule has 0 fully saturated rings. The first-order valence-corrected chi connectivity index (χ1v) is 9.81. The van der Waals surface area contributed by atoms with Crippen LogP contribution >= 0.6 is 0 Å². The smallest absolute Gasteiger partial charge is 0.414 e. The maximum atomic E-state index is 12.7. The van der Waals surface area contributed by atoms with E-state index in [1.165, 1.54) is 10.5 Å². The highest BCUT2D eigenvalue weighted by molar-refractivity contribution is 5.73. The molecule has 0 bridgehead atoms. The lowest BCUT2D eigenvalue weighted by Gasteiger charge is -2.29. The number of terminal acetylenes is 1. The van der Waals surface area contributed by atoms with Gasteiger partial charge in [-0.15, -0.1) is 6.42 Å². The van der Waals surface area contributed by atoms with Crippen molar-refractivity contribution in [2.75, 3.05) is 6.54 Å². The maximum absolute atomic E-state index is 12.7. The number of nitrogens with zero attached hydrogens (tertiary/aromatic N) is 1. The van der Waals surface area contributed by atoms with Gasteiger partial charge in [-0.05, 0) is 35.8 Å². The summed E-state index contributed by atoms with van der Waals surface area (Å²) in [4.78, 5) is 26.5. The molecule has 0 heterocycles. The molecule has 28 heavy (non-hydrogen) atoms. The van der Waals surface area contributed by atoms with Crippen LogP contribution in [0, 0.1) is 23.7 Å². The van der Waals surface area contributed by atoms with Gasteiger partial charge >= 0.3 is 12.1 Å². The molecule has 1 aliphatic carbocycles. The van der Waals surface area contributed by atoms with E-state index < -0.39 is 12.4 Å². The molecule has 1 aromatic carbocycles. The summed E-state index contributed by atoms with van der Waals surface area (Å²) in [5, 5.41) is 0. The van der Waals surface area contributed by atoms with Gasteiger partial charge in [-0.3, -0.25) is 9.69 Å². The van der Waals surface area contributed by atoms with Gasteiger partial charge in [0, 0.05) is 6.92 Å². The monoisotopic (exact) mass is 385 g/mol. The van der Waals surface area contributed by atoms with Gasteiger partial charge in [0.2, 0.25) is 6.29 Å². The van der Waals surface area contributed by atoms with Crippen LogP contribution in [0.15, 0.2) is 24.3 Å². The molecule has 152 valence electrons. The van der Waals surface area contributed by atoms with Crippen LogP contribution in [0.5, 0.6) is 0 Å². The van der Waals surface area contributed by atoms with Gasteiger partial charge in [0.05, 0.1) is 18.5 Å². The van der Waals surface area contributed by atoms with Crippen LogP contribution in [-0.4, -0.2) is 29.8 Å². The Balaban J connectivity index is 1.99. The molecule has 2 unspecified atom stereocenters. The third-order valence-corrected chi connectivity index (χ3v) is 4.84. The van der Waals surface area contributed by atoms with Gasteiger partial charge in [0.1, 0.15) is 0 Å². The minimum absolute atomic E-state index is 0.0117. The Hall–Kier alpha value is -2.48. The Bertz CT molecular complexity index is 744. The molecule has 1 aliphatic rings. The summed E-state index contributed by atoms with van der Waals surface area (Å²) in [5.41, 5.74) is 2.33. The largest absolute Gasteiger partial charge is 0.425 e. The number of rotatable bonds is 6. The number of carbonyl (C=O) groups is 2. The van der Waals surface area contributed by atoms with Crippen LogP contribution in [0.1, 0.15) is 64.6 Å². The second kappa shape index (κ2) is 9.14. The first kappa shape index (κ1) is 21.8. The van der Waals surface area contributed by atoms with Crippen LogP contribution in [0.4, 0.5) is 4.79 Å². The molecular weight excluding hydrogens is 354 g/mol. The molecule has 3 atom stereocenters. The molecule has 0 saturated heterocycles. The van der Waals surface area contributed by atoms with Crippen molar-refractivity contribution in [3.63, 3.8) is 0 Å². The van der Waals surface area contributed by atoms with Gasteiger partial charge in [-0.2, -0.15) is 0 Å². The standard InChI is InChI=1S/C23H31NO4/c1-7-14-24(20-13-12-18-10-8-9-11-19(18)20)22(26)28-17(3)27-21(25)16(2)15-23(4,5)6/h1,8-11,16-17,20H,12-15H2,2-6H3/t16?,17?,20-/m1/s1. The predicted molar refractivity (Wildman–Crippen MR) is 108 cm³/mol. The van der Waals surface area contributed by atoms with Crippen LogP contribution in [-0.2, 0) is 20.7 Å². The average Bonchev–Trinajstić information content (AvgIpc) is 3.01. The number of benzene rings is 1. The zero-order valence-electron chi connectivity index (χ0n) is 17.5. The summed E-state index contributed by atoms with van der Waals surface area (Å²) in [6.07, 6.45) is 6.32. The minimum Gasteiger partial charge on any atom is -0.425 e. The van der Waals surface area contributed by atoms with Crippen molar-refractivity contribution in [1.82, 2.24) is 4.90 Å². The summed E-state index contributed by atoms with van der Waals surface area (Å²) in [6.45, 7) is 9.71. The van der Waals surface area contributed by atoms with E-state index >= 15 is 0 Å². The van der Waals surface area contributed by atoms with E-state index in [1.807, 2.05) is 25.1 Å². The third kappa shape index (κ3) is 5.76. The normalized spacial score (nSPS) is 17.8. The molecule has 0 N–H and O–H groups in total. The Morgan fingerprint density at radius 2 is 1.93 bits per heavy atom. The van der Waals surface area contributed by atoms with Gasteiger partial charge in [-0.25, -0.2) is 4.79 Å². The Kier molecular flexibility index (Phi) is 7.12. The van der Waals surface area contributed by atoms with E-state index in [4.69, 9.17) is 15.9 Å². The topological polar surface area (TPSA) is 55.8 Å². The minimum atomic E-state index is -0.973. The molecule has 0 saturated carbocycles. The quantitative estimate of drug-likeness (QED) is 0.404. The fourth-order valence-corrected chi connectivity index (χ4v) is 3.77. The van der Waals surface area contributed by atoms with Crippen molar-refractivity contribution >= 4 is 12.1 Å². The first-order chi connectivity index (χ1) is 13.1. The third-order valence-electron chi connectivity index (χ3n) is 4.84. The van der Waals surface area contributed by atoms with E-state index in [-0.39, 0.29) is 29.9 Å². The molecule has 1 aromatic rings. The van der Waals surface area contributed by atoms with Gasteiger partial charge in [0.25, 0.3) is 0 Å². The molecular formula is C23H31NO4. The van der Waals surface area contributed by atoms with Crippen molar-refractivity contribution in [3.05, 3.63) is 35.4 Å². The number of carbonyl (C=O) groups excluding carboxylic acids is 2. The molecule has 0 radical (unpaired) electrons. The predicted octanol–water partition coefficient (Wildman–Crippen LogP) is 4.71. The van der Waals surface area contributed by atoms with E-state index in [1.54, 1.807) is 6.92 Å². The highest BCUT2D eigenvalue weighted by Gasteiger charge is 2.33. The lowest BCUT2D eigenvalue weighted by Crippen LogP contribution is -2.38. The Labute approximate surface area is 168 Å². The SMILES string of the molecule is C#CCN(C(=O)OC(C)OC(=O)C(C)CC(C)(C)C)[C@@H]1CCc2ccccc21. The van der Waals surface area contributed by atoms with Crippen LogP contribution in [0.2, 0.25) is 0 Å². The van der Waals surface area contributed by atoms with E-state index in [2.05, 4.69) is 32.8 Å². The van der Waals surface area contributed by atoms with Gasteiger partial charge < -0.3 is 9.47 Å². The van der Waals surface area contributed by atoms with Crippen molar-refractivity contribution in [2.24, 2.45) is 11.3 Å². The number of amides is 1. The summed E-state index contributed by atoms with van der Waals surface area (Å²) < 4.78 is 10.7. The first-order valence-electron chi connectivity index (χ1n) is 9.81. The lowest BCUT2D eigenvalue weighted by atomic mass is 9.85. The maximum Gasteiger partial charge on any atom is 0.414 e. The molecule has 1 amide bonds. The number of hydrogen-bond donors (Lipinski definition) is 0. The van der Waals surface area contributed by atoms with Crippen LogP contribution < -0.4 is 0 Å². The van der Waals surface area contributed by atoms with Crippen molar-refractivity contribution < 1.29 is 19.1 Å². The zero-order chi connectivity index (χ0) is 20.9. The number of aryl methyl sites for hydroxylation is 1. The highest BCUT2D eigenvalue weighted by atomic mass is 16.7. The summed E-state index contributed by atoms with van der Waals surface area (Å²) in [7, 11) is 0. The number of hydrogen-bond acceptors (Lipinski definition) is 4. The van der Waals surface area contributed by atoms with Crippen molar-refractivity contribution in [3.8, 4) is 12.3 Å². The van der Waals surface area contributed by atoms with Gasteiger partial charge in [-0.1, -0.05) is 57.9 Å². The molecule has 0 aromatic heterocycles. The van der Waals surface area contributed by atoms with Crippen LogP contribution in [0.3, 0.4) is 0 Å². The molecule has 0 spiro atoms. The number of ether oxygens (including phenoxy) is 2. The second-order valence-corrected chi connectivity index (χ2v) is 8.64. The number of fused-ring (bicyclic) bond motifs is 1.